The monoisotopic (exact) mass is 192 g/mol. The number of nitrogens with one attached hydrogen (secondary N) is 1. The van der Waals surface area contributed by atoms with Gasteiger partial charge in [-0.1, -0.05) is 12.1 Å². The van der Waals surface area contributed by atoms with E-state index >= 15 is 0 Å². The van der Waals surface area contributed by atoms with Gasteiger partial charge in [0.2, 0.25) is 0 Å². The minimum Gasteiger partial charge on any atom is -0.318 e. The molecule has 3 N–H and O–H groups in total. The average Bonchev–Trinajstić information content (AvgIpc) is 2.71. The topological polar surface area (TPSA) is 67.6 Å². The van der Waals surface area contributed by atoms with E-state index in [2.05, 4.69) is 15.2 Å². The summed E-state index contributed by atoms with van der Waals surface area (Å²) in [6.45, 7) is 0. The normalized spacial score (nSPS) is 12.7. The van der Waals surface area contributed by atoms with Crippen molar-refractivity contribution >= 4 is 0 Å². The first kappa shape index (κ1) is 8.83. The predicted molar refractivity (Wildman–Crippen MR) is 48.8 cm³/mol. The van der Waals surface area contributed by atoms with E-state index in [4.69, 9.17) is 5.73 Å². The summed E-state index contributed by atoms with van der Waals surface area (Å²) in [5.74, 6) is 0.287. The molecule has 0 fully saturated rings. The molecule has 1 aromatic heterocycles. The van der Waals surface area contributed by atoms with Crippen LogP contribution < -0.4 is 5.73 Å². The maximum absolute atomic E-state index is 12.6. The number of nitrogens with zero attached hydrogens (tertiary/aromatic N) is 2. The van der Waals surface area contributed by atoms with Crippen molar-refractivity contribution in [2.45, 2.75) is 6.04 Å². The fourth-order valence-corrected chi connectivity index (χ4v) is 1.19. The number of aromatic amines is 1. The van der Waals surface area contributed by atoms with Gasteiger partial charge in [-0.05, 0) is 17.7 Å². The lowest BCUT2D eigenvalue weighted by Gasteiger charge is -2.07. The van der Waals surface area contributed by atoms with Gasteiger partial charge in [0.05, 0.1) is 6.04 Å². The molecule has 0 bridgehead atoms. The van der Waals surface area contributed by atoms with Crippen LogP contribution in [-0.2, 0) is 0 Å². The van der Waals surface area contributed by atoms with Crippen molar-refractivity contribution in [1.29, 1.82) is 0 Å². The number of halogens is 1. The Morgan fingerprint density at radius 3 is 2.57 bits per heavy atom. The maximum Gasteiger partial charge on any atom is 0.145 e. The number of H-pyrrole nitrogens is 1. The average molecular weight is 192 g/mol. The number of hydrogen-bond donors (Lipinski definition) is 2. The van der Waals surface area contributed by atoms with E-state index in [0.29, 0.717) is 5.82 Å². The quantitative estimate of drug-likeness (QED) is 0.745. The van der Waals surface area contributed by atoms with E-state index in [1.54, 1.807) is 12.1 Å². The lowest BCUT2D eigenvalue weighted by molar-refractivity contribution is 0.626. The van der Waals surface area contributed by atoms with Crippen LogP contribution >= 0.6 is 0 Å². The first-order chi connectivity index (χ1) is 6.77. The van der Waals surface area contributed by atoms with E-state index in [1.165, 1.54) is 18.5 Å². The summed E-state index contributed by atoms with van der Waals surface area (Å²) in [7, 11) is 0. The van der Waals surface area contributed by atoms with Gasteiger partial charge in [0.15, 0.2) is 0 Å². The highest BCUT2D eigenvalue weighted by atomic mass is 19.1. The Hall–Kier alpha value is -1.75. The molecule has 14 heavy (non-hydrogen) atoms. The molecular formula is C9H9FN4. The summed E-state index contributed by atoms with van der Waals surface area (Å²) in [5.41, 5.74) is 6.65. The van der Waals surface area contributed by atoms with Crippen LogP contribution in [0, 0.1) is 5.82 Å². The molecule has 0 aliphatic rings. The minimum absolute atomic E-state index is 0.279. The Bertz CT molecular complexity index is 395. The predicted octanol–water partition coefficient (Wildman–Crippen LogP) is 0.992. The number of aromatic nitrogens is 3. The zero-order valence-corrected chi connectivity index (χ0v) is 7.31. The standard InChI is InChI=1S/C9H9FN4/c10-7-3-1-6(2-4-7)8(11)9-12-5-13-14-9/h1-5,8H,11H2,(H,12,13,14)/t8-/m1/s1. The van der Waals surface area contributed by atoms with Gasteiger partial charge in [-0.15, -0.1) is 0 Å². The van der Waals surface area contributed by atoms with E-state index in [-0.39, 0.29) is 5.82 Å². The number of rotatable bonds is 2. The highest BCUT2D eigenvalue weighted by Gasteiger charge is 2.10. The van der Waals surface area contributed by atoms with Crippen molar-refractivity contribution in [3.8, 4) is 0 Å². The minimum atomic E-state index is -0.391. The van der Waals surface area contributed by atoms with E-state index < -0.39 is 6.04 Å². The van der Waals surface area contributed by atoms with Crippen LogP contribution in [0.15, 0.2) is 30.6 Å². The van der Waals surface area contributed by atoms with Crippen molar-refractivity contribution in [2.75, 3.05) is 0 Å². The van der Waals surface area contributed by atoms with Crippen LogP contribution in [0.25, 0.3) is 0 Å². The second-order valence-corrected chi connectivity index (χ2v) is 2.90. The maximum atomic E-state index is 12.6. The van der Waals surface area contributed by atoms with Crippen molar-refractivity contribution in [3.63, 3.8) is 0 Å². The molecular weight excluding hydrogens is 183 g/mol. The molecule has 0 unspecified atom stereocenters. The first-order valence-electron chi connectivity index (χ1n) is 4.13. The van der Waals surface area contributed by atoms with Crippen LogP contribution in [0.5, 0.6) is 0 Å². The summed E-state index contributed by atoms with van der Waals surface area (Å²) in [6.07, 6.45) is 1.39. The zero-order chi connectivity index (χ0) is 9.97. The molecule has 1 atom stereocenters. The highest BCUT2D eigenvalue weighted by molar-refractivity contribution is 5.24. The fourth-order valence-electron chi connectivity index (χ4n) is 1.19. The van der Waals surface area contributed by atoms with Crippen molar-refractivity contribution < 1.29 is 4.39 Å². The summed E-state index contributed by atoms with van der Waals surface area (Å²) >= 11 is 0. The third-order valence-corrected chi connectivity index (χ3v) is 1.96. The molecule has 4 nitrogen and oxygen atoms in total. The second-order valence-electron chi connectivity index (χ2n) is 2.90. The summed E-state index contributed by atoms with van der Waals surface area (Å²) in [5, 5.41) is 6.37. The van der Waals surface area contributed by atoms with E-state index in [1.807, 2.05) is 0 Å². The highest BCUT2D eigenvalue weighted by Crippen LogP contribution is 2.15. The molecule has 0 aliphatic carbocycles. The van der Waals surface area contributed by atoms with Gasteiger partial charge in [0.1, 0.15) is 18.0 Å². The smallest absolute Gasteiger partial charge is 0.145 e. The van der Waals surface area contributed by atoms with E-state index in [9.17, 15) is 4.39 Å². The third-order valence-electron chi connectivity index (χ3n) is 1.96. The van der Waals surface area contributed by atoms with Crippen molar-refractivity contribution in [3.05, 3.63) is 47.8 Å². The largest absolute Gasteiger partial charge is 0.318 e. The van der Waals surface area contributed by atoms with Crippen LogP contribution in [0.2, 0.25) is 0 Å². The van der Waals surface area contributed by atoms with Gasteiger partial charge in [-0.2, -0.15) is 5.10 Å². The molecule has 1 aromatic carbocycles. The number of benzene rings is 1. The number of nitrogens with two attached hydrogens (primary N) is 1. The van der Waals surface area contributed by atoms with Crippen LogP contribution in [0.4, 0.5) is 4.39 Å². The van der Waals surface area contributed by atoms with Crippen molar-refractivity contribution in [1.82, 2.24) is 15.2 Å². The third kappa shape index (κ3) is 1.62. The molecule has 0 saturated carbocycles. The molecule has 0 radical (unpaired) electrons. The second kappa shape index (κ2) is 3.55. The van der Waals surface area contributed by atoms with Gasteiger partial charge in [-0.3, -0.25) is 5.10 Å². The Morgan fingerprint density at radius 1 is 1.29 bits per heavy atom. The van der Waals surface area contributed by atoms with Gasteiger partial charge in [-0.25, -0.2) is 9.37 Å². The molecule has 2 aromatic rings. The Labute approximate surface area is 80.0 Å². The summed E-state index contributed by atoms with van der Waals surface area (Å²) in [6, 6.07) is 5.60. The molecule has 2 rings (SSSR count). The van der Waals surface area contributed by atoms with Gasteiger partial charge in [0.25, 0.3) is 0 Å². The molecule has 0 amide bonds. The first-order valence-corrected chi connectivity index (χ1v) is 4.13. The lowest BCUT2D eigenvalue weighted by Crippen LogP contribution is -2.13. The van der Waals surface area contributed by atoms with E-state index in [0.717, 1.165) is 5.56 Å². The van der Waals surface area contributed by atoms with Crippen LogP contribution in [0.3, 0.4) is 0 Å². The van der Waals surface area contributed by atoms with Crippen molar-refractivity contribution in [2.24, 2.45) is 5.73 Å². The van der Waals surface area contributed by atoms with Crippen LogP contribution in [-0.4, -0.2) is 15.2 Å². The summed E-state index contributed by atoms with van der Waals surface area (Å²) < 4.78 is 12.6. The summed E-state index contributed by atoms with van der Waals surface area (Å²) in [4.78, 5) is 3.93. The Balaban J connectivity index is 2.28. The molecule has 72 valence electrons. The zero-order valence-electron chi connectivity index (χ0n) is 7.31. The SMILES string of the molecule is N[C@H](c1ccc(F)cc1)c1ncn[nH]1. The molecule has 1 heterocycles. The Morgan fingerprint density at radius 2 is 2.00 bits per heavy atom. The fraction of sp³-hybridized carbons (Fsp3) is 0.111. The molecule has 0 spiro atoms. The van der Waals surface area contributed by atoms with Crippen LogP contribution in [0.1, 0.15) is 17.4 Å². The number of hydrogen-bond acceptors (Lipinski definition) is 3. The lowest BCUT2D eigenvalue weighted by atomic mass is 10.1. The van der Waals surface area contributed by atoms with Gasteiger partial charge >= 0.3 is 0 Å². The van der Waals surface area contributed by atoms with Gasteiger partial charge < -0.3 is 5.73 Å². The molecule has 0 aliphatic heterocycles. The Kier molecular flexibility index (Phi) is 2.24. The molecule has 0 saturated heterocycles. The molecule has 5 heteroatoms. The van der Waals surface area contributed by atoms with Gasteiger partial charge in [0, 0.05) is 0 Å².